The Morgan fingerprint density at radius 1 is 0.508 bits per heavy atom. The first-order valence-corrected chi connectivity index (χ1v) is 22.0. The van der Waals surface area contributed by atoms with E-state index in [9.17, 15) is 0 Å². The fourth-order valence-electron chi connectivity index (χ4n) is 12.0. The third-order valence-corrected chi connectivity index (χ3v) is 14.8. The fraction of sp³-hybridized carbons (Fsp3) is 0.228. The summed E-state index contributed by atoms with van der Waals surface area (Å²) in [6, 6.07) is 53.6. The van der Waals surface area contributed by atoms with Gasteiger partial charge in [-0.05, 0) is 153 Å². The number of benzene rings is 7. The van der Waals surface area contributed by atoms with Gasteiger partial charge < -0.3 is 9.80 Å². The van der Waals surface area contributed by atoms with E-state index in [4.69, 9.17) is 0 Å². The van der Waals surface area contributed by atoms with Gasteiger partial charge in [0.2, 0.25) is 0 Å². The van der Waals surface area contributed by atoms with E-state index in [0.717, 1.165) is 19.4 Å². The molecule has 5 aliphatic rings. The quantitative estimate of drug-likeness (QED) is 0.165. The van der Waals surface area contributed by atoms with Crippen molar-refractivity contribution in [1.29, 1.82) is 0 Å². The molecule has 7 aromatic carbocycles. The predicted molar refractivity (Wildman–Crippen MR) is 248 cm³/mol. The molecule has 3 aliphatic carbocycles. The van der Waals surface area contributed by atoms with Crippen LogP contribution in [0.25, 0.3) is 34.4 Å². The van der Waals surface area contributed by atoms with Crippen LogP contribution >= 0.6 is 0 Å². The van der Waals surface area contributed by atoms with Crippen molar-refractivity contribution in [3.63, 3.8) is 0 Å². The van der Waals surface area contributed by atoms with Crippen LogP contribution in [-0.4, -0.2) is 6.54 Å². The van der Waals surface area contributed by atoms with Gasteiger partial charge in [-0.15, -0.1) is 0 Å². The molecule has 2 nitrogen and oxygen atoms in total. The molecule has 0 bridgehead atoms. The highest BCUT2D eigenvalue weighted by Gasteiger charge is 2.46. The summed E-state index contributed by atoms with van der Waals surface area (Å²) in [5, 5.41) is 0. The Balaban J connectivity index is 0.875. The van der Waals surface area contributed by atoms with E-state index in [1.54, 1.807) is 0 Å². The van der Waals surface area contributed by atoms with Crippen LogP contribution in [0.3, 0.4) is 0 Å². The van der Waals surface area contributed by atoms with Gasteiger partial charge in [-0.1, -0.05) is 136 Å². The highest BCUT2D eigenvalue weighted by Crippen LogP contribution is 2.59. The Bertz CT molecular complexity index is 2860. The Morgan fingerprint density at radius 2 is 1.08 bits per heavy atom. The van der Waals surface area contributed by atoms with Crippen molar-refractivity contribution in [3.8, 4) is 22.3 Å². The van der Waals surface area contributed by atoms with E-state index in [2.05, 4.69) is 182 Å². The zero-order chi connectivity index (χ0) is 39.5. The molecule has 0 amide bonds. The van der Waals surface area contributed by atoms with Crippen molar-refractivity contribution < 1.29 is 0 Å². The first kappa shape index (κ1) is 34.9. The van der Waals surface area contributed by atoms with E-state index in [1.165, 1.54) is 138 Å². The van der Waals surface area contributed by atoms with Gasteiger partial charge in [-0.25, -0.2) is 0 Å². The second kappa shape index (κ2) is 12.9. The lowest BCUT2D eigenvalue weighted by molar-refractivity contribution is 0.550. The lowest BCUT2D eigenvalue weighted by Crippen LogP contribution is -2.25. The van der Waals surface area contributed by atoms with Crippen molar-refractivity contribution in [1.82, 2.24) is 0 Å². The molecule has 1 spiro atoms. The highest BCUT2D eigenvalue weighted by atomic mass is 15.2. The number of anilines is 5. The van der Waals surface area contributed by atoms with Gasteiger partial charge in [0.25, 0.3) is 0 Å². The van der Waals surface area contributed by atoms with E-state index in [1.807, 2.05) is 0 Å². The minimum Gasteiger partial charge on any atom is -0.341 e. The molecule has 59 heavy (non-hydrogen) atoms. The van der Waals surface area contributed by atoms with Crippen LogP contribution in [0.1, 0.15) is 102 Å². The summed E-state index contributed by atoms with van der Waals surface area (Å²) in [5.41, 5.74) is 26.3. The molecule has 0 radical (unpaired) electrons. The second-order valence-corrected chi connectivity index (χ2v) is 18.4. The number of nitrogens with zero attached hydrogens (tertiary/aromatic N) is 2. The van der Waals surface area contributed by atoms with Gasteiger partial charge in [0, 0.05) is 52.2 Å². The molecular formula is C57H50N2. The van der Waals surface area contributed by atoms with E-state index in [0.29, 0.717) is 0 Å². The molecule has 0 aromatic heterocycles. The van der Waals surface area contributed by atoms with Gasteiger partial charge in [0.15, 0.2) is 0 Å². The number of para-hydroxylation sites is 3. The molecule has 2 heterocycles. The standard InChI is InChI=1S/C57H50N2/c1-37-31-44(59-53-18-8-5-14-41(53)34-42-15-6-9-19-54(42)59)36-51-55(37)47-26-23-39(33-50(47)57(51)28-10-11-29-57)21-20-38-22-25-45-46-27-24-43(35-49(46)56(2,3)48(45)32-38)58-30-12-16-40-13-4-7-17-52(40)58/h4-9,13-15,17-27,31-33,35-36H,10-12,16,28-30,34H2,1-3H3. The number of hydrogen-bond acceptors (Lipinski definition) is 2. The van der Waals surface area contributed by atoms with Crippen molar-refractivity contribution in [2.75, 3.05) is 16.3 Å². The van der Waals surface area contributed by atoms with Crippen LogP contribution < -0.4 is 9.80 Å². The van der Waals surface area contributed by atoms with Crippen LogP contribution in [0.5, 0.6) is 0 Å². The fourth-order valence-corrected chi connectivity index (χ4v) is 12.0. The average molecular weight is 763 g/mol. The molecule has 0 atom stereocenters. The second-order valence-electron chi connectivity index (χ2n) is 18.4. The molecule has 2 heteroatoms. The van der Waals surface area contributed by atoms with Crippen LogP contribution in [0, 0.1) is 6.92 Å². The van der Waals surface area contributed by atoms with Crippen molar-refractivity contribution in [2.45, 2.75) is 76.5 Å². The molecule has 0 N–H and O–H groups in total. The van der Waals surface area contributed by atoms with Crippen LogP contribution in [0.15, 0.2) is 140 Å². The Kier molecular flexibility index (Phi) is 7.65. The van der Waals surface area contributed by atoms with Gasteiger partial charge >= 0.3 is 0 Å². The third-order valence-electron chi connectivity index (χ3n) is 14.8. The summed E-state index contributed by atoms with van der Waals surface area (Å²) in [4.78, 5) is 5.06. The van der Waals surface area contributed by atoms with Gasteiger partial charge in [0.05, 0.1) is 0 Å². The lowest BCUT2D eigenvalue weighted by atomic mass is 9.76. The molecule has 0 unspecified atom stereocenters. The molecule has 1 fully saturated rings. The normalized spacial score (nSPS) is 17.3. The minimum atomic E-state index is -0.0803. The van der Waals surface area contributed by atoms with Crippen LogP contribution in [-0.2, 0) is 23.7 Å². The molecule has 288 valence electrons. The van der Waals surface area contributed by atoms with Crippen molar-refractivity contribution >= 4 is 40.6 Å². The smallest absolute Gasteiger partial charge is 0.0497 e. The van der Waals surface area contributed by atoms with Gasteiger partial charge in [0.1, 0.15) is 0 Å². The minimum absolute atomic E-state index is 0.0581. The van der Waals surface area contributed by atoms with Crippen LogP contribution in [0.4, 0.5) is 28.4 Å². The third kappa shape index (κ3) is 5.18. The summed E-state index contributed by atoms with van der Waals surface area (Å²) in [6.07, 6.45) is 13.0. The maximum atomic E-state index is 2.57. The monoisotopic (exact) mass is 762 g/mol. The summed E-state index contributed by atoms with van der Waals surface area (Å²) in [6.45, 7) is 8.23. The van der Waals surface area contributed by atoms with Gasteiger partial charge in [-0.3, -0.25) is 0 Å². The first-order valence-electron chi connectivity index (χ1n) is 22.0. The molecule has 12 rings (SSSR count). The zero-order valence-corrected chi connectivity index (χ0v) is 34.5. The number of rotatable bonds is 4. The topological polar surface area (TPSA) is 6.48 Å². The van der Waals surface area contributed by atoms with Crippen LogP contribution in [0.2, 0.25) is 0 Å². The lowest BCUT2D eigenvalue weighted by Gasteiger charge is -2.35. The molecular weight excluding hydrogens is 713 g/mol. The summed E-state index contributed by atoms with van der Waals surface area (Å²) < 4.78 is 0. The van der Waals surface area contributed by atoms with Gasteiger partial charge in [-0.2, -0.15) is 0 Å². The highest BCUT2D eigenvalue weighted by molar-refractivity contribution is 5.91. The molecule has 2 aliphatic heterocycles. The number of aryl methyl sites for hydroxylation is 2. The Morgan fingerprint density at radius 3 is 1.80 bits per heavy atom. The molecule has 7 aromatic rings. The summed E-state index contributed by atoms with van der Waals surface area (Å²) >= 11 is 0. The van der Waals surface area contributed by atoms with Crippen molar-refractivity contribution in [3.05, 3.63) is 195 Å². The van der Waals surface area contributed by atoms with Crippen molar-refractivity contribution in [2.24, 2.45) is 0 Å². The molecule has 1 saturated carbocycles. The average Bonchev–Trinajstić information content (AvgIpc) is 3.93. The number of hydrogen-bond donors (Lipinski definition) is 0. The van der Waals surface area contributed by atoms with E-state index < -0.39 is 0 Å². The Labute approximate surface area is 349 Å². The SMILES string of the molecule is Cc1cc(N2c3ccccc3Cc3ccccc32)cc2c1-c1ccc(C=Cc3ccc4c(c3)C(C)(C)c3cc(N5CCCc6ccccc65)ccc3-4)cc1C21CCCC1. The van der Waals surface area contributed by atoms with E-state index in [-0.39, 0.29) is 10.8 Å². The first-order chi connectivity index (χ1) is 28.9. The predicted octanol–water partition coefficient (Wildman–Crippen LogP) is 14.8. The maximum Gasteiger partial charge on any atom is 0.0497 e. The Hall–Kier alpha value is -6.12. The summed E-state index contributed by atoms with van der Waals surface area (Å²) in [5.74, 6) is 0. The van der Waals surface area contributed by atoms with E-state index >= 15 is 0 Å². The largest absolute Gasteiger partial charge is 0.341 e. The maximum absolute atomic E-state index is 2.57. The molecule has 0 saturated heterocycles. The summed E-state index contributed by atoms with van der Waals surface area (Å²) in [7, 11) is 0. The zero-order valence-electron chi connectivity index (χ0n) is 34.5. The number of fused-ring (bicyclic) bond motifs is 11.